The smallest absolute Gasteiger partial charge is 0.317 e. The number of amides is 3. The fourth-order valence-electron chi connectivity index (χ4n) is 4.33. The van der Waals surface area contributed by atoms with Gasteiger partial charge in [-0.05, 0) is 32.3 Å². The first-order valence-corrected chi connectivity index (χ1v) is 10.4. The zero-order valence-corrected chi connectivity index (χ0v) is 17.4. The summed E-state index contributed by atoms with van der Waals surface area (Å²) in [5.41, 5.74) is 0.189. The molecule has 0 unspecified atom stereocenters. The second-order valence-corrected chi connectivity index (χ2v) is 8.45. The summed E-state index contributed by atoms with van der Waals surface area (Å²) >= 11 is 0. The van der Waals surface area contributed by atoms with Crippen LogP contribution in [0.3, 0.4) is 0 Å². The summed E-state index contributed by atoms with van der Waals surface area (Å²) < 4.78 is 1.91. The summed E-state index contributed by atoms with van der Waals surface area (Å²) in [5, 5.41) is 5.72. The fourth-order valence-corrected chi connectivity index (χ4v) is 4.33. The predicted octanol–water partition coefficient (Wildman–Crippen LogP) is 1.64. The number of likely N-dealkylation sites (tertiary alicyclic amines) is 1. The lowest BCUT2D eigenvalue weighted by atomic mass is 9.85. The molecule has 2 aromatic rings. The zero-order valence-electron chi connectivity index (χ0n) is 17.4. The number of carbonyl (C=O) groups is 2. The molecule has 3 amide bonds. The number of nitrogens with one attached hydrogen (secondary N) is 2. The van der Waals surface area contributed by atoms with Gasteiger partial charge in [-0.25, -0.2) is 4.79 Å². The maximum Gasteiger partial charge on any atom is 0.317 e. The van der Waals surface area contributed by atoms with Gasteiger partial charge in [-0.1, -0.05) is 30.3 Å². The quantitative estimate of drug-likeness (QED) is 0.802. The maximum absolute atomic E-state index is 12.7. The third-order valence-corrected chi connectivity index (χ3v) is 5.89. The van der Waals surface area contributed by atoms with Crippen LogP contribution in [-0.2, 0) is 18.5 Å². The Balaban J connectivity index is 1.50. The van der Waals surface area contributed by atoms with Crippen molar-refractivity contribution >= 4 is 11.9 Å². The van der Waals surface area contributed by atoms with Crippen LogP contribution in [-0.4, -0.2) is 45.5 Å². The van der Waals surface area contributed by atoms with E-state index in [9.17, 15) is 14.4 Å². The van der Waals surface area contributed by atoms with Crippen molar-refractivity contribution in [2.45, 2.75) is 51.2 Å². The molecule has 158 valence electrons. The van der Waals surface area contributed by atoms with Gasteiger partial charge in [0, 0.05) is 43.8 Å². The van der Waals surface area contributed by atoms with Gasteiger partial charge < -0.3 is 20.1 Å². The van der Waals surface area contributed by atoms with E-state index < -0.39 is 11.5 Å². The van der Waals surface area contributed by atoms with Gasteiger partial charge in [0.2, 0.25) is 0 Å². The molecule has 1 fully saturated rings. The molecule has 1 spiro atoms. The SMILES string of the molecule is CC(C)NC(=O)N1CC[C@@]2(CCn3cc(C(=O)NCc4ccccc4)c(=O)nc32)C1. The van der Waals surface area contributed by atoms with E-state index in [1.807, 2.05) is 48.7 Å². The summed E-state index contributed by atoms with van der Waals surface area (Å²) in [7, 11) is 0. The highest BCUT2D eigenvalue weighted by molar-refractivity contribution is 5.93. The van der Waals surface area contributed by atoms with Gasteiger partial charge in [0.15, 0.2) is 0 Å². The number of carbonyl (C=O) groups excluding carboxylic acids is 2. The van der Waals surface area contributed by atoms with E-state index in [1.165, 1.54) is 0 Å². The van der Waals surface area contributed by atoms with Gasteiger partial charge in [0.1, 0.15) is 11.4 Å². The molecular weight excluding hydrogens is 382 g/mol. The van der Waals surface area contributed by atoms with Crippen molar-refractivity contribution in [2.75, 3.05) is 13.1 Å². The molecule has 8 nitrogen and oxygen atoms in total. The number of aryl methyl sites for hydroxylation is 1. The number of urea groups is 1. The highest BCUT2D eigenvalue weighted by atomic mass is 16.2. The zero-order chi connectivity index (χ0) is 21.3. The lowest BCUT2D eigenvalue weighted by Crippen LogP contribution is -2.43. The summed E-state index contributed by atoms with van der Waals surface area (Å²) in [4.78, 5) is 43.7. The molecule has 2 aliphatic rings. The van der Waals surface area contributed by atoms with E-state index in [1.54, 1.807) is 11.1 Å². The van der Waals surface area contributed by atoms with E-state index in [2.05, 4.69) is 15.6 Å². The maximum atomic E-state index is 12.7. The van der Waals surface area contributed by atoms with Crippen molar-refractivity contribution in [1.82, 2.24) is 25.1 Å². The molecule has 1 atom stereocenters. The number of fused-ring (bicyclic) bond motifs is 2. The Hall–Kier alpha value is -3.16. The van der Waals surface area contributed by atoms with Crippen molar-refractivity contribution in [2.24, 2.45) is 0 Å². The molecule has 8 heteroatoms. The van der Waals surface area contributed by atoms with E-state index in [0.717, 1.165) is 18.4 Å². The van der Waals surface area contributed by atoms with Crippen molar-refractivity contribution < 1.29 is 9.59 Å². The molecule has 2 aliphatic heterocycles. The molecule has 3 heterocycles. The van der Waals surface area contributed by atoms with Gasteiger partial charge >= 0.3 is 6.03 Å². The summed E-state index contributed by atoms with van der Waals surface area (Å²) in [5.74, 6) is 0.268. The normalized spacial score (nSPS) is 19.9. The Kier molecular flexibility index (Phi) is 5.32. The van der Waals surface area contributed by atoms with Crippen LogP contribution in [0.2, 0.25) is 0 Å². The number of rotatable bonds is 4. The highest BCUT2D eigenvalue weighted by Gasteiger charge is 2.47. The average molecular weight is 409 g/mol. The van der Waals surface area contributed by atoms with Crippen molar-refractivity contribution in [1.29, 1.82) is 0 Å². The number of hydrogen-bond acceptors (Lipinski definition) is 4. The predicted molar refractivity (Wildman–Crippen MR) is 112 cm³/mol. The van der Waals surface area contributed by atoms with E-state index in [-0.39, 0.29) is 23.1 Å². The summed E-state index contributed by atoms with van der Waals surface area (Å²) in [6.07, 6.45) is 3.20. The molecule has 4 rings (SSSR count). The lowest BCUT2D eigenvalue weighted by molar-refractivity contribution is 0.0948. The second kappa shape index (κ2) is 7.93. The molecule has 0 aliphatic carbocycles. The highest BCUT2D eigenvalue weighted by Crippen LogP contribution is 2.41. The van der Waals surface area contributed by atoms with Crippen molar-refractivity contribution in [3.63, 3.8) is 0 Å². The van der Waals surface area contributed by atoms with Gasteiger partial charge in [-0.3, -0.25) is 9.59 Å². The minimum atomic E-state index is -0.516. The monoisotopic (exact) mass is 409 g/mol. The Morgan fingerprint density at radius 3 is 2.63 bits per heavy atom. The molecular formula is C22H27N5O3. The van der Waals surface area contributed by atoms with Gasteiger partial charge in [-0.2, -0.15) is 4.98 Å². The summed E-state index contributed by atoms with van der Waals surface area (Å²) in [6.45, 7) is 6.07. The van der Waals surface area contributed by atoms with Crippen LogP contribution in [0, 0.1) is 0 Å². The Labute approximate surface area is 175 Å². The molecule has 0 radical (unpaired) electrons. The summed E-state index contributed by atoms with van der Waals surface area (Å²) in [6, 6.07) is 9.53. The topological polar surface area (TPSA) is 96.3 Å². The molecule has 2 N–H and O–H groups in total. The Morgan fingerprint density at radius 2 is 1.90 bits per heavy atom. The molecule has 1 aromatic heterocycles. The average Bonchev–Trinajstić information content (AvgIpc) is 3.31. The minimum absolute atomic E-state index is 0.0548. The van der Waals surface area contributed by atoms with Crippen molar-refractivity contribution in [3.05, 3.63) is 63.8 Å². The molecule has 1 aromatic carbocycles. The Morgan fingerprint density at radius 1 is 1.17 bits per heavy atom. The number of aromatic nitrogens is 2. The lowest BCUT2D eigenvalue weighted by Gasteiger charge is -2.24. The first kappa shape index (κ1) is 20.1. The number of benzene rings is 1. The van der Waals surface area contributed by atoms with Crippen LogP contribution >= 0.6 is 0 Å². The van der Waals surface area contributed by atoms with E-state index in [0.29, 0.717) is 32.0 Å². The minimum Gasteiger partial charge on any atom is -0.348 e. The fraction of sp³-hybridized carbons (Fsp3) is 0.455. The van der Waals surface area contributed by atoms with Crippen LogP contribution in [0.15, 0.2) is 41.3 Å². The molecule has 30 heavy (non-hydrogen) atoms. The first-order chi connectivity index (χ1) is 14.4. The van der Waals surface area contributed by atoms with E-state index in [4.69, 9.17) is 0 Å². The van der Waals surface area contributed by atoms with E-state index >= 15 is 0 Å². The van der Waals surface area contributed by atoms with Gasteiger partial charge in [0.25, 0.3) is 11.5 Å². The molecule has 1 saturated heterocycles. The first-order valence-electron chi connectivity index (χ1n) is 10.4. The molecule has 0 saturated carbocycles. The molecule has 0 bridgehead atoms. The van der Waals surface area contributed by atoms with Crippen LogP contribution in [0.5, 0.6) is 0 Å². The second-order valence-electron chi connectivity index (χ2n) is 8.45. The number of hydrogen-bond donors (Lipinski definition) is 2. The standard InChI is InChI=1S/C22H27N5O3/c1-15(2)24-21(30)27-11-9-22(14-27)8-10-26-13-17(19(29)25-20(22)26)18(28)23-12-16-6-4-3-5-7-16/h3-7,13,15H,8-12,14H2,1-2H3,(H,23,28)(H,24,30)/t22-/m0/s1. The van der Waals surface area contributed by atoms with Crippen LogP contribution in [0.1, 0.15) is 48.4 Å². The van der Waals surface area contributed by atoms with Crippen molar-refractivity contribution in [3.8, 4) is 0 Å². The third kappa shape index (κ3) is 3.81. The third-order valence-electron chi connectivity index (χ3n) is 5.89. The van der Waals surface area contributed by atoms with Crippen LogP contribution in [0.25, 0.3) is 0 Å². The number of nitrogens with zero attached hydrogens (tertiary/aromatic N) is 3. The largest absolute Gasteiger partial charge is 0.348 e. The van der Waals surface area contributed by atoms with Crippen LogP contribution in [0.4, 0.5) is 4.79 Å². The Bertz CT molecular complexity index is 1020. The van der Waals surface area contributed by atoms with Gasteiger partial charge in [-0.15, -0.1) is 0 Å². The van der Waals surface area contributed by atoms with Gasteiger partial charge in [0.05, 0.1) is 0 Å². The van der Waals surface area contributed by atoms with Crippen LogP contribution < -0.4 is 16.2 Å².